The molecule has 1 radical (unpaired) electrons. The summed E-state index contributed by atoms with van der Waals surface area (Å²) in [5.41, 5.74) is 0. The lowest BCUT2D eigenvalue weighted by Gasteiger charge is -2.09. The molecule has 11 heavy (non-hydrogen) atoms. The van der Waals surface area contributed by atoms with Crippen molar-refractivity contribution in [1.82, 2.24) is 0 Å². The lowest BCUT2D eigenvalue weighted by Crippen LogP contribution is -2.19. The molecule has 0 aromatic rings. The van der Waals surface area contributed by atoms with Gasteiger partial charge in [0.1, 0.15) is 0 Å². The monoisotopic (exact) mass is 179 g/mol. The molecule has 0 saturated heterocycles. The Hall–Kier alpha value is -0.0900. The van der Waals surface area contributed by atoms with Crippen LogP contribution in [0.15, 0.2) is 0 Å². The van der Waals surface area contributed by atoms with Crippen LogP contribution < -0.4 is 0 Å². The average Bonchev–Trinajstić information content (AvgIpc) is 1.87. The van der Waals surface area contributed by atoms with Gasteiger partial charge in [-0.1, -0.05) is 26.7 Å². The Morgan fingerprint density at radius 3 is 2.36 bits per heavy atom. The molecule has 0 spiro atoms. The second-order valence-corrected chi connectivity index (χ2v) is 4.26. The van der Waals surface area contributed by atoms with E-state index in [1.54, 1.807) is 0 Å². The molecule has 4 heteroatoms. The summed E-state index contributed by atoms with van der Waals surface area (Å²) in [5.74, 6) is 0. The zero-order valence-corrected chi connectivity index (χ0v) is 7.60. The number of unbranched alkanes of at least 4 members (excludes halogenated alkanes) is 1. The van der Waals surface area contributed by atoms with Crippen molar-refractivity contribution in [2.24, 2.45) is 0 Å². The highest BCUT2D eigenvalue weighted by atomic mass is 32.2. The van der Waals surface area contributed by atoms with Gasteiger partial charge in [0.05, 0.1) is 5.25 Å². The van der Waals surface area contributed by atoms with E-state index in [0.29, 0.717) is 6.42 Å². The Morgan fingerprint density at radius 1 is 1.55 bits per heavy atom. The van der Waals surface area contributed by atoms with E-state index in [-0.39, 0.29) is 6.42 Å². The van der Waals surface area contributed by atoms with Gasteiger partial charge in [-0.15, -0.1) is 0 Å². The van der Waals surface area contributed by atoms with Crippen LogP contribution in [0.2, 0.25) is 0 Å². The van der Waals surface area contributed by atoms with Crippen molar-refractivity contribution >= 4 is 10.1 Å². The van der Waals surface area contributed by atoms with Gasteiger partial charge in [-0.2, -0.15) is 8.42 Å². The third kappa shape index (κ3) is 4.37. The van der Waals surface area contributed by atoms with E-state index in [9.17, 15) is 8.42 Å². The molecule has 0 heterocycles. The van der Waals surface area contributed by atoms with E-state index in [1.165, 1.54) is 0 Å². The minimum Gasteiger partial charge on any atom is -0.285 e. The summed E-state index contributed by atoms with van der Waals surface area (Å²) in [5, 5.41) is -0.664. The van der Waals surface area contributed by atoms with Crippen LogP contribution in [0.1, 0.15) is 32.6 Å². The summed E-state index contributed by atoms with van der Waals surface area (Å²) < 4.78 is 29.8. The van der Waals surface area contributed by atoms with Gasteiger partial charge in [0.25, 0.3) is 10.1 Å². The molecule has 0 aromatic heterocycles. The molecule has 0 aliphatic heterocycles. The second-order valence-electron chi connectivity index (χ2n) is 2.57. The van der Waals surface area contributed by atoms with Gasteiger partial charge in [-0.25, -0.2) is 0 Å². The maximum atomic E-state index is 10.6. The molecule has 0 aromatic carbocycles. The summed E-state index contributed by atoms with van der Waals surface area (Å²) in [6.45, 7) is 5.44. The Labute approximate surface area is 68.6 Å². The van der Waals surface area contributed by atoms with Gasteiger partial charge in [0.15, 0.2) is 0 Å². The van der Waals surface area contributed by atoms with Crippen molar-refractivity contribution in [1.29, 1.82) is 0 Å². The van der Waals surface area contributed by atoms with Crippen LogP contribution in [0, 0.1) is 6.92 Å². The molecule has 0 amide bonds. The predicted molar refractivity (Wildman–Crippen MR) is 44.8 cm³/mol. The summed E-state index contributed by atoms with van der Waals surface area (Å²) in [4.78, 5) is 0. The fourth-order valence-corrected chi connectivity index (χ4v) is 1.64. The highest BCUT2D eigenvalue weighted by Crippen LogP contribution is 2.11. The Bertz CT molecular complexity index is 184. The molecule has 0 fully saturated rings. The molecular formula is C7H15O3S. The molecule has 0 aliphatic carbocycles. The lowest BCUT2D eigenvalue weighted by molar-refractivity contribution is 0.458. The normalized spacial score (nSPS) is 14.8. The average molecular weight is 179 g/mol. The topological polar surface area (TPSA) is 54.4 Å². The lowest BCUT2D eigenvalue weighted by atomic mass is 10.2. The number of rotatable bonds is 5. The van der Waals surface area contributed by atoms with Gasteiger partial charge in [0, 0.05) is 0 Å². The standard InChI is InChI=1S/C7H15O3S/c1-3-5-6-7(4-2)11(8,9)10/h7H,2-6H2,1H3,(H,8,9,10). The van der Waals surface area contributed by atoms with Crippen molar-refractivity contribution in [3.63, 3.8) is 0 Å². The van der Waals surface area contributed by atoms with Crippen molar-refractivity contribution in [3.8, 4) is 0 Å². The first-order valence-corrected chi connectivity index (χ1v) is 5.28. The molecule has 1 atom stereocenters. The SMILES string of the molecule is [CH2]CC(CCCC)S(=O)(=O)O. The van der Waals surface area contributed by atoms with E-state index >= 15 is 0 Å². The van der Waals surface area contributed by atoms with Gasteiger partial charge >= 0.3 is 0 Å². The molecule has 67 valence electrons. The fourth-order valence-electron chi connectivity index (χ4n) is 0.874. The van der Waals surface area contributed by atoms with Crippen molar-refractivity contribution < 1.29 is 13.0 Å². The summed E-state index contributed by atoms with van der Waals surface area (Å²) >= 11 is 0. The van der Waals surface area contributed by atoms with Crippen LogP contribution in [0.3, 0.4) is 0 Å². The van der Waals surface area contributed by atoms with Crippen LogP contribution >= 0.6 is 0 Å². The quantitative estimate of drug-likeness (QED) is 0.653. The van der Waals surface area contributed by atoms with Crippen molar-refractivity contribution in [2.45, 2.75) is 37.9 Å². The Balaban J connectivity index is 3.97. The maximum absolute atomic E-state index is 10.6. The van der Waals surface area contributed by atoms with Crippen LogP contribution in [-0.2, 0) is 10.1 Å². The summed E-state index contributed by atoms with van der Waals surface area (Å²) in [6, 6.07) is 0. The molecule has 0 bridgehead atoms. The number of hydrogen-bond acceptors (Lipinski definition) is 2. The minimum atomic E-state index is -3.85. The Morgan fingerprint density at radius 2 is 2.09 bits per heavy atom. The van der Waals surface area contributed by atoms with E-state index < -0.39 is 15.4 Å². The number of hydrogen-bond donors (Lipinski definition) is 1. The first-order valence-electron chi connectivity index (χ1n) is 3.78. The smallest absolute Gasteiger partial charge is 0.267 e. The minimum absolute atomic E-state index is 0.249. The zero-order valence-electron chi connectivity index (χ0n) is 6.78. The van der Waals surface area contributed by atoms with Gasteiger partial charge < -0.3 is 0 Å². The molecule has 0 rings (SSSR count). The largest absolute Gasteiger partial charge is 0.285 e. The van der Waals surface area contributed by atoms with Crippen molar-refractivity contribution in [3.05, 3.63) is 6.92 Å². The highest BCUT2D eigenvalue weighted by molar-refractivity contribution is 7.86. The van der Waals surface area contributed by atoms with E-state index in [1.807, 2.05) is 6.92 Å². The third-order valence-electron chi connectivity index (χ3n) is 1.62. The molecule has 0 saturated carbocycles. The molecule has 1 N–H and O–H groups in total. The van der Waals surface area contributed by atoms with E-state index in [2.05, 4.69) is 6.92 Å². The molecule has 1 unspecified atom stereocenters. The predicted octanol–water partition coefficient (Wildman–Crippen LogP) is 1.66. The summed E-state index contributed by atoms with van der Waals surface area (Å²) in [7, 11) is -3.85. The van der Waals surface area contributed by atoms with E-state index in [0.717, 1.165) is 12.8 Å². The third-order valence-corrected chi connectivity index (χ3v) is 2.94. The van der Waals surface area contributed by atoms with Crippen LogP contribution in [0.25, 0.3) is 0 Å². The van der Waals surface area contributed by atoms with Crippen molar-refractivity contribution in [2.75, 3.05) is 0 Å². The highest BCUT2D eigenvalue weighted by Gasteiger charge is 2.19. The van der Waals surface area contributed by atoms with Crippen LogP contribution in [0.5, 0.6) is 0 Å². The van der Waals surface area contributed by atoms with Gasteiger partial charge in [0.2, 0.25) is 0 Å². The summed E-state index contributed by atoms with van der Waals surface area (Å²) in [6.07, 6.45) is 2.52. The van der Waals surface area contributed by atoms with E-state index in [4.69, 9.17) is 4.55 Å². The molecular weight excluding hydrogens is 164 g/mol. The Kier molecular flexibility index (Phi) is 4.68. The van der Waals surface area contributed by atoms with Gasteiger partial charge in [-0.3, -0.25) is 4.55 Å². The molecule has 0 aliphatic rings. The zero-order chi connectivity index (χ0) is 8.91. The second kappa shape index (κ2) is 4.72. The van der Waals surface area contributed by atoms with Gasteiger partial charge in [-0.05, 0) is 12.8 Å². The first-order chi connectivity index (χ1) is 5.02. The van der Waals surface area contributed by atoms with Crippen LogP contribution in [-0.4, -0.2) is 18.2 Å². The fraction of sp³-hybridized carbons (Fsp3) is 0.857. The maximum Gasteiger partial charge on any atom is 0.267 e. The van der Waals surface area contributed by atoms with Crippen LogP contribution in [0.4, 0.5) is 0 Å². The molecule has 3 nitrogen and oxygen atoms in total. The first kappa shape index (κ1) is 10.9.